The Hall–Kier alpha value is -2.73. The van der Waals surface area contributed by atoms with Crippen molar-refractivity contribution in [2.24, 2.45) is 5.73 Å². The van der Waals surface area contributed by atoms with E-state index in [2.05, 4.69) is 10.6 Å². The molecule has 0 fully saturated rings. The van der Waals surface area contributed by atoms with Gasteiger partial charge in [0.15, 0.2) is 11.6 Å². The Morgan fingerprint density at radius 3 is 2.44 bits per heavy atom. The highest BCUT2D eigenvalue weighted by atomic mass is 35.5. The van der Waals surface area contributed by atoms with Gasteiger partial charge in [0, 0.05) is 30.2 Å². The maximum absolute atomic E-state index is 14.2. The van der Waals surface area contributed by atoms with Crippen molar-refractivity contribution in [3.63, 3.8) is 0 Å². The summed E-state index contributed by atoms with van der Waals surface area (Å²) in [5, 5.41) is 6.06. The van der Waals surface area contributed by atoms with Crippen LogP contribution in [0.25, 0.3) is 0 Å². The molecule has 0 aliphatic carbocycles. The lowest BCUT2D eigenvalue weighted by atomic mass is 10.0. The number of carbonyl (C=O) groups excluding carboxylic acids is 1. The number of nitrogens with one attached hydrogen (secondary N) is 2. The quantitative estimate of drug-likeness (QED) is 0.627. The molecular formula is C20H23ClFN3O2. The molecular weight excluding hydrogens is 369 g/mol. The lowest BCUT2D eigenvalue weighted by Gasteiger charge is -2.15. The molecule has 0 unspecified atom stereocenters. The first kappa shape index (κ1) is 20.6. The normalized spacial score (nSPS) is 11.8. The third-order valence-corrected chi connectivity index (χ3v) is 3.95. The molecule has 0 radical (unpaired) electrons. The predicted molar refractivity (Wildman–Crippen MR) is 106 cm³/mol. The molecule has 2 aromatic rings. The van der Waals surface area contributed by atoms with Gasteiger partial charge < -0.3 is 21.1 Å². The summed E-state index contributed by atoms with van der Waals surface area (Å²) in [6.45, 7) is 3.64. The van der Waals surface area contributed by atoms with Gasteiger partial charge in [-0.3, -0.25) is 4.79 Å². The number of carbonyl (C=O) groups is 1. The van der Waals surface area contributed by atoms with Crippen LogP contribution in [0, 0.1) is 5.82 Å². The lowest BCUT2D eigenvalue weighted by molar-refractivity contribution is -0.117. The van der Waals surface area contributed by atoms with E-state index >= 15 is 0 Å². The molecule has 27 heavy (non-hydrogen) atoms. The molecule has 0 bridgehead atoms. The highest BCUT2D eigenvalue weighted by Crippen LogP contribution is 2.23. The van der Waals surface area contributed by atoms with Crippen LogP contribution in [0.2, 0.25) is 5.02 Å². The Labute approximate surface area is 163 Å². The highest BCUT2D eigenvalue weighted by Gasteiger charge is 2.15. The molecule has 7 heteroatoms. The van der Waals surface area contributed by atoms with E-state index in [9.17, 15) is 9.18 Å². The zero-order valence-corrected chi connectivity index (χ0v) is 16.2. The fourth-order valence-corrected chi connectivity index (χ4v) is 2.54. The second-order valence-electron chi connectivity index (χ2n) is 6.21. The minimum absolute atomic E-state index is 0.137. The van der Waals surface area contributed by atoms with E-state index in [0.29, 0.717) is 22.7 Å². The van der Waals surface area contributed by atoms with Gasteiger partial charge in [0.25, 0.3) is 5.91 Å². The summed E-state index contributed by atoms with van der Waals surface area (Å²) < 4.78 is 19.5. The summed E-state index contributed by atoms with van der Waals surface area (Å²) in [5.41, 5.74) is 7.72. The third kappa shape index (κ3) is 5.89. The Balaban J connectivity index is 2.26. The van der Waals surface area contributed by atoms with Crippen molar-refractivity contribution in [2.75, 3.05) is 12.4 Å². The maximum atomic E-state index is 14.2. The molecule has 0 aliphatic rings. The maximum Gasteiger partial charge on any atom is 0.250 e. The van der Waals surface area contributed by atoms with Crippen molar-refractivity contribution in [3.05, 3.63) is 70.3 Å². The number of benzene rings is 2. The summed E-state index contributed by atoms with van der Waals surface area (Å²) in [6.07, 6.45) is 0.162. The molecule has 2 aromatic carbocycles. The van der Waals surface area contributed by atoms with Gasteiger partial charge in [-0.25, -0.2) is 4.39 Å². The summed E-state index contributed by atoms with van der Waals surface area (Å²) in [5.74, 6) is -0.539. The topological polar surface area (TPSA) is 76.4 Å². The number of hydrogen-bond donors (Lipinski definition) is 3. The molecule has 4 N–H and O–H groups in total. The molecule has 0 aromatic heterocycles. The molecule has 0 spiro atoms. The smallest absolute Gasteiger partial charge is 0.250 e. The van der Waals surface area contributed by atoms with Crippen molar-refractivity contribution in [3.8, 4) is 5.75 Å². The predicted octanol–water partition coefficient (Wildman–Crippen LogP) is 3.84. The number of hydrogen-bond acceptors (Lipinski definition) is 4. The number of rotatable bonds is 7. The van der Waals surface area contributed by atoms with E-state index in [1.165, 1.54) is 19.2 Å². The van der Waals surface area contributed by atoms with Crippen molar-refractivity contribution >= 4 is 23.2 Å². The number of ether oxygens (including phenoxy) is 1. The lowest BCUT2D eigenvalue weighted by Crippen LogP contribution is -2.27. The van der Waals surface area contributed by atoms with E-state index in [0.717, 1.165) is 5.56 Å². The van der Waals surface area contributed by atoms with Crippen LogP contribution in [0.4, 0.5) is 10.1 Å². The summed E-state index contributed by atoms with van der Waals surface area (Å²) in [6, 6.07) is 11.5. The number of halogens is 2. The molecule has 1 amide bonds. The number of nitrogens with two attached hydrogens (primary N) is 1. The van der Waals surface area contributed by atoms with Crippen LogP contribution >= 0.6 is 11.6 Å². The minimum atomic E-state index is -0.513. The Morgan fingerprint density at radius 2 is 1.89 bits per heavy atom. The van der Waals surface area contributed by atoms with Gasteiger partial charge in [-0.05, 0) is 43.7 Å². The second-order valence-corrected chi connectivity index (χ2v) is 6.65. The van der Waals surface area contributed by atoms with Crippen molar-refractivity contribution in [1.29, 1.82) is 0 Å². The van der Waals surface area contributed by atoms with E-state index < -0.39 is 5.82 Å². The van der Waals surface area contributed by atoms with Gasteiger partial charge in [0.05, 0.1) is 11.7 Å². The number of anilines is 1. The average molecular weight is 392 g/mol. The van der Waals surface area contributed by atoms with E-state index in [1.54, 1.807) is 18.2 Å². The van der Waals surface area contributed by atoms with Crippen molar-refractivity contribution in [2.45, 2.75) is 26.4 Å². The van der Waals surface area contributed by atoms with Gasteiger partial charge in [-0.15, -0.1) is 0 Å². The molecule has 2 rings (SSSR count). The molecule has 5 nitrogen and oxygen atoms in total. The summed E-state index contributed by atoms with van der Waals surface area (Å²) in [7, 11) is 1.52. The van der Waals surface area contributed by atoms with Crippen LogP contribution in [-0.4, -0.2) is 19.1 Å². The van der Waals surface area contributed by atoms with E-state index in [-0.39, 0.29) is 23.6 Å². The van der Waals surface area contributed by atoms with Gasteiger partial charge >= 0.3 is 0 Å². The highest BCUT2D eigenvalue weighted by molar-refractivity contribution is 6.30. The monoisotopic (exact) mass is 391 g/mol. The summed E-state index contributed by atoms with van der Waals surface area (Å²) >= 11 is 5.89. The van der Waals surface area contributed by atoms with Gasteiger partial charge in [-0.1, -0.05) is 23.7 Å². The Morgan fingerprint density at radius 1 is 1.22 bits per heavy atom. The fourth-order valence-electron chi connectivity index (χ4n) is 2.41. The first-order valence-electron chi connectivity index (χ1n) is 8.48. The van der Waals surface area contributed by atoms with Crippen LogP contribution in [0.15, 0.2) is 53.9 Å². The van der Waals surface area contributed by atoms with E-state index in [4.69, 9.17) is 22.1 Å². The zero-order chi connectivity index (χ0) is 20.0. The fraction of sp³-hybridized carbons (Fsp3) is 0.250. The van der Waals surface area contributed by atoms with E-state index in [1.807, 2.05) is 26.0 Å². The van der Waals surface area contributed by atoms with Crippen LogP contribution in [0.1, 0.15) is 19.4 Å². The van der Waals surface area contributed by atoms with Crippen molar-refractivity contribution < 1.29 is 13.9 Å². The molecule has 0 atom stereocenters. The third-order valence-electron chi connectivity index (χ3n) is 3.69. The Kier molecular flexibility index (Phi) is 7.07. The standard InChI is InChI=1S/C20H23ClFN3O2/c1-12(2)27-18-9-8-15(11-17(18)22)25-19(23)16(20(26)24-3)10-13-4-6-14(21)7-5-13/h4-9,11-12,25H,10,23H2,1-3H3,(H,24,26)/b19-16+. The number of amides is 1. The molecule has 0 heterocycles. The summed E-state index contributed by atoms with van der Waals surface area (Å²) in [4.78, 5) is 12.2. The molecule has 0 saturated heterocycles. The first-order valence-corrected chi connectivity index (χ1v) is 8.86. The van der Waals surface area contributed by atoms with Crippen LogP contribution in [0.5, 0.6) is 5.75 Å². The number of likely N-dealkylation sites (N-methyl/N-ethyl adjacent to an activating group) is 1. The van der Waals surface area contributed by atoms with Gasteiger partial charge in [0.2, 0.25) is 0 Å². The zero-order valence-electron chi connectivity index (χ0n) is 15.5. The van der Waals surface area contributed by atoms with Gasteiger partial charge in [-0.2, -0.15) is 0 Å². The SMILES string of the molecule is CNC(=O)/C(Cc1ccc(Cl)cc1)=C(\N)Nc1ccc(OC(C)C)c(F)c1. The minimum Gasteiger partial charge on any atom is -0.488 e. The first-order chi connectivity index (χ1) is 12.8. The average Bonchev–Trinajstić information content (AvgIpc) is 2.62. The second kappa shape index (κ2) is 9.28. The van der Waals surface area contributed by atoms with Crippen molar-refractivity contribution in [1.82, 2.24) is 5.32 Å². The largest absolute Gasteiger partial charge is 0.488 e. The van der Waals surface area contributed by atoms with Gasteiger partial charge in [0.1, 0.15) is 5.82 Å². The van der Waals surface area contributed by atoms with Crippen LogP contribution < -0.4 is 21.1 Å². The Bertz CT molecular complexity index is 836. The molecule has 0 aliphatic heterocycles. The molecule has 144 valence electrons. The van der Waals surface area contributed by atoms with Crippen LogP contribution in [0.3, 0.4) is 0 Å². The van der Waals surface area contributed by atoms with Crippen LogP contribution in [-0.2, 0) is 11.2 Å². The molecule has 0 saturated carbocycles.